The number of nitrogens with zero attached hydrogens (tertiary/aromatic N) is 2. The number of nitrogens with one attached hydrogen (secondary N) is 1. The molecule has 0 spiro atoms. The van der Waals surface area contributed by atoms with Crippen LogP contribution in [0.4, 0.5) is 5.69 Å². The number of anilines is 1. The number of carbonyl (C=O) groups excluding carboxylic acids is 1. The Balaban J connectivity index is 2.23. The molecule has 0 aliphatic heterocycles. The molecule has 7 nitrogen and oxygen atoms in total. The van der Waals surface area contributed by atoms with Crippen molar-refractivity contribution >= 4 is 17.4 Å². The van der Waals surface area contributed by atoms with E-state index in [2.05, 4.69) is 10.1 Å². The Morgan fingerprint density at radius 3 is 2.33 bits per heavy atom. The lowest BCUT2D eigenvalue weighted by molar-refractivity contribution is 0.0992. The van der Waals surface area contributed by atoms with Gasteiger partial charge in [-0.25, -0.2) is 0 Å². The lowest BCUT2D eigenvalue weighted by atomic mass is 10.1. The van der Waals surface area contributed by atoms with Crippen LogP contribution in [-0.4, -0.2) is 29.0 Å². The lowest BCUT2D eigenvalue weighted by Crippen LogP contribution is -2.27. The highest BCUT2D eigenvalue weighted by molar-refractivity contribution is 6.05. The summed E-state index contributed by atoms with van der Waals surface area (Å²) in [6, 6.07) is 9.39. The molecule has 21 heavy (non-hydrogen) atoms. The van der Waals surface area contributed by atoms with Crippen LogP contribution in [0, 0.1) is 0 Å². The van der Waals surface area contributed by atoms with Crippen LogP contribution in [-0.2, 0) is 0 Å². The van der Waals surface area contributed by atoms with Gasteiger partial charge in [0.25, 0.3) is 5.91 Å². The molecule has 0 aliphatic carbocycles. The van der Waals surface area contributed by atoms with Gasteiger partial charge in [0, 0.05) is 30.6 Å². The van der Waals surface area contributed by atoms with Gasteiger partial charge in [-0.3, -0.25) is 9.59 Å². The van der Waals surface area contributed by atoms with Crippen molar-refractivity contribution in [2.75, 3.05) is 11.9 Å². The van der Waals surface area contributed by atoms with Gasteiger partial charge in [-0.2, -0.15) is 0 Å². The second-order valence-corrected chi connectivity index (χ2v) is 4.34. The topological polar surface area (TPSA) is 112 Å². The molecule has 2 rings (SSSR count). The van der Waals surface area contributed by atoms with Crippen LogP contribution in [0.3, 0.4) is 0 Å². The fraction of sp³-hybridized carbons (Fsp3) is 0.0714. The highest BCUT2D eigenvalue weighted by atomic mass is 16.4. The molecule has 0 bridgehead atoms. The van der Waals surface area contributed by atoms with Gasteiger partial charge in [-0.1, -0.05) is 5.16 Å². The molecule has 0 saturated carbocycles. The van der Waals surface area contributed by atoms with E-state index in [0.717, 1.165) is 0 Å². The number of rotatable bonds is 3. The van der Waals surface area contributed by atoms with Gasteiger partial charge in [0.15, 0.2) is 5.84 Å². The van der Waals surface area contributed by atoms with E-state index in [-0.39, 0.29) is 17.3 Å². The number of H-pyrrole nitrogens is 1. The molecule has 0 atom stereocenters. The Labute approximate surface area is 120 Å². The Morgan fingerprint density at radius 1 is 1.19 bits per heavy atom. The minimum absolute atomic E-state index is 0.00355. The molecular weight excluding hydrogens is 272 g/mol. The smallest absolute Gasteiger partial charge is 0.259 e. The molecule has 0 aliphatic rings. The number of carbonyl (C=O) groups is 1. The predicted molar refractivity (Wildman–Crippen MR) is 78.7 cm³/mol. The summed E-state index contributed by atoms with van der Waals surface area (Å²) in [4.78, 5) is 27.1. The summed E-state index contributed by atoms with van der Waals surface area (Å²) in [5.41, 5.74) is 6.76. The molecule has 1 aromatic heterocycles. The molecule has 108 valence electrons. The number of oxime groups is 1. The second kappa shape index (κ2) is 5.91. The summed E-state index contributed by atoms with van der Waals surface area (Å²) in [5.74, 6) is -0.265. The summed E-state index contributed by atoms with van der Waals surface area (Å²) in [7, 11) is 1.62. The highest BCUT2D eigenvalue weighted by Gasteiger charge is 2.13. The predicted octanol–water partition coefficient (Wildman–Crippen LogP) is 0.746. The first-order valence-electron chi connectivity index (χ1n) is 6.07. The summed E-state index contributed by atoms with van der Waals surface area (Å²) in [6.07, 6.45) is 1.37. The first kappa shape index (κ1) is 14.3. The normalized spacial score (nSPS) is 11.2. The second-order valence-electron chi connectivity index (χ2n) is 4.34. The van der Waals surface area contributed by atoms with Gasteiger partial charge in [0.1, 0.15) is 0 Å². The van der Waals surface area contributed by atoms with Crippen LogP contribution < -0.4 is 16.2 Å². The number of nitrogens with two attached hydrogens (primary N) is 1. The Morgan fingerprint density at radius 2 is 1.81 bits per heavy atom. The average Bonchev–Trinajstić information content (AvgIpc) is 2.53. The van der Waals surface area contributed by atoms with E-state index in [0.29, 0.717) is 16.8 Å². The van der Waals surface area contributed by atoms with E-state index in [1.165, 1.54) is 23.2 Å². The Hall–Kier alpha value is -3.09. The number of amides is 1. The van der Waals surface area contributed by atoms with Crippen molar-refractivity contribution in [3.8, 4) is 0 Å². The van der Waals surface area contributed by atoms with E-state index in [1.807, 2.05) is 0 Å². The minimum Gasteiger partial charge on any atom is -0.409 e. The van der Waals surface area contributed by atoms with Crippen LogP contribution >= 0.6 is 0 Å². The van der Waals surface area contributed by atoms with Gasteiger partial charge >= 0.3 is 0 Å². The maximum Gasteiger partial charge on any atom is 0.259 e. The highest BCUT2D eigenvalue weighted by Crippen LogP contribution is 2.16. The van der Waals surface area contributed by atoms with Crippen LogP contribution in [0.25, 0.3) is 0 Å². The van der Waals surface area contributed by atoms with Crippen molar-refractivity contribution in [1.82, 2.24) is 4.98 Å². The quantitative estimate of drug-likeness (QED) is 0.334. The molecule has 0 fully saturated rings. The molecule has 4 N–H and O–H groups in total. The fourth-order valence-electron chi connectivity index (χ4n) is 1.77. The maximum atomic E-state index is 12.2. The zero-order valence-electron chi connectivity index (χ0n) is 11.3. The van der Waals surface area contributed by atoms with E-state index >= 15 is 0 Å². The zero-order valence-corrected chi connectivity index (χ0v) is 11.3. The van der Waals surface area contributed by atoms with Crippen molar-refractivity contribution in [1.29, 1.82) is 0 Å². The van der Waals surface area contributed by atoms with Gasteiger partial charge < -0.3 is 20.8 Å². The zero-order chi connectivity index (χ0) is 15.4. The number of hydrogen-bond acceptors (Lipinski definition) is 4. The first-order valence-corrected chi connectivity index (χ1v) is 6.07. The van der Waals surface area contributed by atoms with E-state index < -0.39 is 0 Å². The fourth-order valence-corrected chi connectivity index (χ4v) is 1.77. The van der Waals surface area contributed by atoms with Crippen molar-refractivity contribution in [2.24, 2.45) is 10.9 Å². The van der Waals surface area contributed by atoms with E-state index in [9.17, 15) is 9.59 Å². The van der Waals surface area contributed by atoms with Crippen LogP contribution in [0.5, 0.6) is 0 Å². The van der Waals surface area contributed by atoms with Crippen LogP contribution in [0.15, 0.2) is 52.5 Å². The summed E-state index contributed by atoms with van der Waals surface area (Å²) in [6.45, 7) is 0. The van der Waals surface area contributed by atoms with Crippen LogP contribution in [0.1, 0.15) is 15.9 Å². The third kappa shape index (κ3) is 3.08. The van der Waals surface area contributed by atoms with E-state index in [4.69, 9.17) is 10.9 Å². The van der Waals surface area contributed by atoms with Gasteiger partial charge in [0.2, 0.25) is 5.56 Å². The van der Waals surface area contributed by atoms with Crippen molar-refractivity contribution in [3.63, 3.8) is 0 Å². The standard InChI is InChI=1S/C14H14N4O3/c1-18(14(20)10-4-7-12(19)16-8-10)11-5-2-9(3-6-11)13(15)17-21/h2-8,21H,1H3,(H2,15,17)(H,16,19). The number of pyridine rings is 1. The SMILES string of the molecule is CN(C(=O)c1ccc(=O)[nH]c1)c1ccc(/C(N)=N/O)cc1. The molecule has 7 heteroatoms. The Kier molecular flexibility index (Phi) is 4.03. The van der Waals surface area contributed by atoms with Crippen molar-refractivity contribution in [2.45, 2.75) is 0 Å². The molecular formula is C14H14N4O3. The molecule has 1 aromatic carbocycles. The van der Waals surface area contributed by atoms with E-state index in [1.54, 1.807) is 31.3 Å². The van der Waals surface area contributed by atoms with Crippen LogP contribution in [0.2, 0.25) is 0 Å². The maximum absolute atomic E-state index is 12.2. The molecule has 2 aromatic rings. The Bertz CT molecular complexity index is 714. The summed E-state index contributed by atoms with van der Waals surface area (Å²) in [5, 5.41) is 11.5. The minimum atomic E-state index is -0.266. The third-order valence-electron chi connectivity index (χ3n) is 2.99. The molecule has 1 heterocycles. The number of aromatic amines is 1. The summed E-state index contributed by atoms with van der Waals surface area (Å²) >= 11 is 0. The summed E-state index contributed by atoms with van der Waals surface area (Å²) < 4.78 is 0. The monoisotopic (exact) mass is 286 g/mol. The van der Waals surface area contributed by atoms with Gasteiger partial charge in [-0.15, -0.1) is 0 Å². The first-order chi connectivity index (χ1) is 10.0. The van der Waals surface area contributed by atoms with Gasteiger partial charge in [0.05, 0.1) is 5.56 Å². The average molecular weight is 286 g/mol. The molecule has 1 amide bonds. The molecule has 0 unspecified atom stereocenters. The van der Waals surface area contributed by atoms with Crippen molar-refractivity contribution < 1.29 is 10.0 Å². The molecule has 0 radical (unpaired) electrons. The van der Waals surface area contributed by atoms with Crippen molar-refractivity contribution in [3.05, 3.63) is 64.1 Å². The number of hydrogen-bond donors (Lipinski definition) is 3. The van der Waals surface area contributed by atoms with Gasteiger partial charge in [-0.05, 0) is 30.3 Å². The third-order valence-corrected chi connectivity index (χ3v) is 2.99. The lowest BCUT2D eigenvalue weighted by Gasteiger charge is -2.17. The largest absolute Gasteiger partial charge is 0.409 e. The number of aromatic nitrogens is 1. The number of amidine groups is 1. The number of benzene rings is 1. The molecule has 0 saturated heterocycles.